The van der Waals surface area contributed by atoms with Crippen LogP contribution in [0.15, 0.2) is 72.8 Å². The van der Waals surface area contributed by atoms with Crippen molar-refractivity contribution < 1.29 is 48.0 Å². The Kier molecular flexibility index (Phi) is 10.9. The fraction of sp³-hybridized carbons (Fsp3) is 0.267. The summed E-state index contributed by atoms with van der Waals surface area (Å²) in [5.41, 5.74) is 1.72. The molecule has 0 aliphatic carbocycles. The van der Waals surface area contributed by atoms with E-state index in [-0.39, 0.29) is 11.7 Å². The predicted molar refractivity (Wildman–Crippen MR) is 156 cm³/mol. The maximum Gasteiger partial charge on any atom is 0.328 e. The minimum Gasteiger partial charge on any atom is -0.484 e. The molecule has 1 fully saturated rings. The summed E-state index contributed by atoms with van der Waals surface area (Å²) in [6.07, 6.45) is -0.935. The van der Waals surface area contributed by atoms with Crippen LogP contribution >= 0.6 is 11.8 Å². The highest BCUT2D eigenvalue weighted by Crippen LogP contribution is 2.46. The highest BCUT2D eigenvalue weighted by Gasteiger charge is 2.49. The Hall–Kier alpha value is -4.53. The van der Waals surface area contributed by atoms with Gasteiger partial charge in [-0.2, -0.15) is 0 Å². The molecule has 0 spiro atoms. The maximum absolute atomic E-state index is 13.6. The zero-order valence-corrected chi connectivity index (χ0v) is 23.9. The number of halogens is 2. The number of nitrogens with zero attached hydrogens (tertiary/aromatic N) is 1. The third-order valence-corrected chi connectivity index (χ3v) is 8.02. The van der Waals surface area contributed by atoms with Gasteiger partial charge in [-0.3, -0.25) is 14.4 Å². The molecule has 1 saturated heterocycles. The minimum absolute atomic E-state index is 0.168. The van der Waals surface area contributed by atoms with Gasteiger partial charge in [0.2, 0.25) is 11.8 Å². The molecule has 0 aromatic heterocycles. The summed E-state index contributed by atoms with van der Waals surface area (Å²) < 4.78 is 32.3. The molecule has 232 valence electrons. The van der Waals surface area contributed by atoms with Gasteiger partial charge >= 0.3 is 5.97 Å². The highest BCUT2D eigenvalue weighted by molar-refractivity contribution is 8.00. The molecule has 5 N–H and O–H groups in total. The van der Waals surface area contributed by atoms with Gasteiger partial charge in [0.15, 0.2) is 6.61 Å². The van der Waals surface area contributed by atoms with Crippen molar-refractivity contribution in [2.45, 2.75) is 23.4 Å². The van der Waals surface area contributed by atoms with Gasteiger partial charge in [-0.25, -0.2) is 13.6 Å². The van der Waals surface area contributed by atoms with Crippen LogP contribution in [0, 0.1) is 11.6 Å². The number of carboxylic acid groups (broad SMARTS) is 1. The first-order chi connectivity index (χ1) is 21.1. The molecule has 3 amide bonds. The maximum atomic E-state index is 13.6. The zero-order valence-electron chi connectivity index (χ0n) is 23.1. The number of ether oxygens (including phenoxy) is 1. The molecule has 3 aromatic rings. The summed E-state index contributed by atoms with van der Waals surface area (Å²) in [5.74, 6) is -3.50. The summed E-state index contributed by atoms with van der Waals surface area (Å²) in [4.78, 5) is 49.5. The molecule has 0 radical (unpaired) electrons. The highest BCUT2D eigenvalue weighted by atomic mass is 32.2. The van der Waals surface area contributed by atoms with E-state index in [4.69, 9.17) is 14.9 Å². The molecule has 4 atom stereocenters. The van der Waals surface area contributed by atoms with Crippen molar-refractivity contribution >= 4 is 41.1 Å². The van der Waals surface area contributed by atoms with E-state index in [1.165, 1.54) is 65.2 Å². The third kappa shape index (κ3) is 8.09. The molecular weight excluding hydrogens is 600 g/mol. The number of nitrogens with one attached hydrogen (secondary N) is 2. The van der Waals surface area contributed by atoms with Crippen LogP contribution in [0.25, 0.3) is 0 Å². The number of hydrogen-bond acceptors (Lipinski definition) is 8. The minimum atomic E-state index is -1.49. The van der Waals surface area contributed by atoms with Crippen molar-refractivity contribution in [2.75, 3.05) is 30.4 Å². The normalized spacial score (nSPS) is 17.3. The summed E-state index contributed by atoms with van der Waals surface area (Å²) >= 11 is 1.24. The molecule has 1 aliphatic heterocycles. The first-order valence-electron chi connectivity index (χ1n) is 13.3. The molecule has 4 rings (SSSR count). The number of carbonyl (C=O) groups excluding carboxylic acids is 3. The lowest BCUT2D eigenvalue weighted by Gasteiger charge is -2.47. The molecule has 1 heterocycles. The van der Waals surface area contributed by atoms with Crippen molar-refractivity contribution in [2.24, 2.45) is 0 Å². The van der Waals surface area contributed by atoms with Crippen molar-refractivity contribution in [3.63, 3.8) is 0 Å². The number of aliphatic hydroxyl groups is 2. The van der Waals surface area contributed by atoms with Crippen LogP contribution in [0.3, 0.4) is 0 Å². The lowest BCUT2D eigenvalue weighted by Crippen LogP contribution is -2.57. The van der Waals surface area contributed by atoms with E-state index in [0.717, 1.165) is 0 Å². The SMILES string of the molecule is O=C(COc1ccc(C2C(SC[C@H](O)c3ccc(F)cc3)C(=O)N2c2ccc(F)cc2)cc1)NCC(=O)N[C@H](CO)C(=O)O. The number of thioether (sulfide) groups is 1. The van der Waals surface area contributed by atoms with Gasteiger partial charge in [0, 0.05) is 11.4 Å². The van der Waals surface area contributed by atoms with E-state index < -0.39 is 72.6 Å². The first-order valence-corrected chi connectivity index (χ1v) is 14.4. The zero-order chi connectivity index (χ0) is 31.8. The van der Waals surface area contributed by atoms with Gasteiger partial charge in [0.25, 0.3) is 5.91 Å². The number of carbonyl (C=O) groups is 4. The Morgan fingerprint density at radius 3 is 2.14 bits per heavy atom. The van der Waals surface area contributed by atoms with Crippen LogP contribution < -0.4 is 20.3 Å². The van der Waals surface area contributed by atoms with Crippen LogP contribution in [0.4, 0.5) is 14.5 Å². The average Bonchev–Trinajstić information content (AvgIpc) is 3.01. The summed E-state index contributed by atoms with van der Waals surface area (Å²) in [6, 6.07) is 15.6. The van der Waals surface area contributed by atoms with Crippen LogP contribution in [-0.2, 0) is 19.2 Å². The number of benzene rings is 3. The molecule has 1 aliphatic rings. The predicted octanol–water partition coefficient (Wildman–Crippen LogP) is 1.94. The topological polar surface area (TPSA) is 165 Å². The van der Waals surface area contributed by atoms with Crippen molar-refractivity contribution in [3.8, 4) is 5.75 Å². The van der Waals surface area contributed by atoms with Crippen molar-refractivity contribution in [3.05, 3.63) is 95.6 Å². The van der Waals surface area contributed by atoms with E-state index in [9.17, 15) is 33.1 Å². The Morgan fingerprint density at radius 2 is 1.55 bits per heavy atom. The van der Waals surface area contributed by atoms with Gasteiger partial charge in [-0.15, -0.1) is 11.8 Å². The van der Waals surface area contributed by atoms with Crippen molar-refractivity contribution in [1.82, 2.24) is 10.6 Å². The van der Waals surface area contributed by atoms with Gasteiger partial charge in [-0.1, -0.05) is 24.3 Å². The first kappa shape index (κ1) is 32.4. The molecule has 2 unspecified atom stereocenters. The van der Waals surface area contributed by atoms with E-state index in [2.05, 4.69) is 10.6 Å². The number of aliphatic hydroxyl groups excluding tert-OH is 2. The Morgan fingerprint density at radius 1 is 0.932 bits per heavy atom. The van der Waals surface area contributed by atoms with Crippen LogP contribution in [-0.4, -0.2) is 75.8 Å². The molecule has 0 bridgehead atoms. The standard InChI is InChI=1S/C30H29F2N3O8S/c31-19-5-1-17(2-6-19)24(37)16-44-28-27(35(29(28)40)21-9-7-20(32)8-10-21)18-3-11-22(12-4-18)43-15-26(39)33-13-25(38)34-23(14-36)30(41)42/h1-12,23-24,27-28,36-37H,13-16H2,(H,33,39)(H,34,38)(H,41,42)/t23-,24+,27?,28?/m1/s1. The largest absolute Gasteiger partial charge is 0.484 e. The van der Waals surface area contributed by atoms with Crippen LogP contribution in [0.5, 0.6) is 5.75 Å². The average molecular weight is 630 g/mol. The molecule has 3 aromatic carbocycles. The van der Waals surface area contributed by atoms with Crippen LogP contribution in [0.2, 0.25) is 0 Å². The fourth-order valence-electron chi connectivity index (χ4n) is 4.39. The summed E-state index contributed by atoms with van der Waals surface area (Å²) in [6.45, 7) is -1.77. The quantitative estimate of drug-likeness (QED) is 0.168. The number of carboxylic acids is 1. The van der Waals surface area contributed by atoms with Gasteiger partial charge in [0.05, 0.1) is 25.3 Å². The van der Waals surface area contributed by atoms with Gasteiger partial charge in [-0.05, 0) is 59.7 Å². The summed E-state index contributed by atoms with van der Waals surface area (Å²) in [5, 5.41) is 32.2. The van der Waals surface area contributed by atoms with E-state index >= 15 is 0 Å². The lowest BCUT2D eigenvalue weighted by atomic mass is 9.92. The number of amides is 3. The number of hydrogen-bond donors (Lipinski definition) is 5. The summed E-state index contributed by atoms with van der Waals surface area (Å²) in [7, 11) is 0. The number of rotatable bonds is 14. The Labute approximate surface area is 254 Å². The van der Waals surface area contributed by atoms with Gasteiger partial charge in [0.1, 0.15) is 28.7 Å². The molecular formula is C30H29F2N3O8S. The van der Waals surface area contributed by atoms with E-state index in [1.807, 2.05) is 0 Å². The second-order valence-electron chi connectivity index (χ2n) is 9.73. The lowest BCUT2D eigenvalue weighted by molar-refractivity contribution is -0.142. The van der Waals surface area contributed by atoms with E-state index in [0.29, 0.717) is 22.6 Å². The molecule has 14 heteroatoms. The number of aliphatic carboxylic acids is 1. The Bertz CT molecular complexity index is 1480. The number of anilines is 1. The van der Waals surface area contributed by atoms with Gasteiger partial charge < -0.3 is 35.6 Å². The molecule has 0 saturated carbocycles. The Balaban J connectivity index is 1.38. The monoisotopic (exact) mass is 629 g/mol. The van der Waals surface area contributed by atoms with Crippen LogP contribution in [0.1, 0.15) is 23.3 Å². The van der Waals surface area contributed by atoms with Crippen molar-refractivity contribution in [1.29, 1.82) is 0 Å². The smallest absolute Gasteiger partial charge is 0.328 e. The molecule has 44 heavy (non-hydrogen) atoms. The second-order valence-corrected chi connectivity index (χ2v) is 10.9. The second kappa shape index (κ2) is 14.8. The third-order valence-electron chi connectivity index (χ3n) is 6.69. The molecule has 11 nitrogen and oxygen atoms in total. The number of β-lactam (4-membered cyclic amide) rings is 1. The fourth-order valence-corrected chi connectivity index (χ4v) is 5.68. The van der Waals surface area contributed by atoms with E-state index in [1.54, 1.807) is 24.3 Å².